The molecule has 5 nitrogen and oxygen atoms in total. The third-order valence-electron chi connectivity index (χ3n) is 2.27. The van der Waals surface area contributed by atoms with E-state index in [-0.39, 0.29) is 0 Å². The van der Waals surface area contributed by atoms with Crippen LogP contribution in [-0.4, -0.2) is 25.6 Å². The molecule has 0 saturated carbocycles. The Labute approximate surface area is 94.2 Å². The normalized spacial score (nSPS) is 14.8. The average molecular weight is 221 g/mol. The summed E-state index contributed by atoms with van der Waals surface area (Å²) in [5, 5.41) is 0. The zero-order valence-electron chi connectivity index (χ0n) is 9.19. The summed E-state index contributed by atoms with van der Waals surface area (Å²) in [6.07, 6.45) is 0. The number of hydrogen-bond donors (Lipinski definition) is 2. The first kappa shape index (κ1) is 10.8. The second kappa shape index (κ2) is 4.85. The summed E-state index contributed by atoms with van der Waals surface area (Å²) in [5.41, 5.74) is 3.48. The molecular weight excluding hydrogens is 206 g/mol. The van der Waals surface area contributed by atoms with Crippen LogP contribution >= 0.6 is 0 Å². The van der Waals surface area contributed by atoms with Crippen LogP contribution in [0.25, 0.3) is 0 Å². The molecule has 0 fully saturated rings. The van der Waals surface area contributed by atoms with E-state index < -0.39 is 0 Å². The topological polar surface area (TPSA) is 68.9 Å². The van der Waals surface area contributed by atoms with E-state index in [0.29, 0.717) is 25.6 Å². The molecule has 0 atom stereocenters. The zero-order valence-corrected chi connectivity index (χ0v) is 9.19. The van der Waals surface area contributed by atoms with Crippen molar-refractivity contribution in [3.05, 3.63) is 23.8 Å². The molecule has 5 heteroatoms. The Morgan fingerprint density at radius 3 is 2.81 bits per heavy atom. The molecule has 0 bridgehead atoms. The molecule has 86 valence electrons. The van der Waals surface area contributed by atoms with Crippen LogP contribution in [0.5, 0.6) is 11.5 Å². The van der Waals surface area contributed by atoms with Crippen molar-refractivity contribution in [3.63, 3.8) is 0 Å². The molecule has 0 saturated heterocycles. The van der Waals surface area contributed by atoms with Crippen LogP contribution in [0.15, 0.2) is 23.2 Å². The lowest BCUT2D eigenvalue weighted by atomic mass is 10.2. The van der Waals surface area contributed by atoms with Crippen molar-refractivity contribution in [1.29, 1.82) is 0 Å². The number of nitrogens with zero attached hydrogens (tertiary/aromatic N) is 1. The molecule has 3 N–H and O–H groups in total. The molecule has 1 aromatic rings. The second-order valence-electron chi connectivity index (χ2n) is 3.33. The van der Waals surface area contributed by atoms with Crippen molar-refractivity contribution >= 4 is 5.84 Å². The van der Waals surface area contributed by atoms with Crippen molar-refractivity contribution in [2.45, 2.75) is 6.92 Å². The molecule has 1 aromatic carbocycles. The molecule has 1 aliphatic heterocycles. The lowest BCUT2D eigenvalue weighted by molar-refractivity contribution is 0.171. The highest BCUT2D eigenvalue weighted by molar-refractivity contribution is 5.98. The molecular formula is C11H15N3O2. The van der Waals surface area contributed by atoms with Crippen LogP contribution in [0.3, 0.4) is 0 Å². The number of rotatable bonds is 2. The zero-order chi connectivity index (χ0) is 11.4. The van der Waals surface area contributed by atoms with Gasteiger partial charge in [-0.25, -0.2) is 5.84 Å². The van der Waals surface area contributed by atoms with Crippen molar-refractivity contribution in [2.75, 3.05) is 19.8 Å². The first-order valence-electron chi connectivity index (χ1n) is 5.26. The van der Waals surface area contributed by atoms with Crippen LogP contribution in [0, 0.1) is 0 Å². The second-order valence-corrected chi connectivity index (χ2v) is 3.33. The van der Waals surface area contributed by atoms with Gasteiger partial charge in [-0.1, -0.05) is 0 Å². The third-order valence-corrected chi connectivity index (χ3v) is 2.27. The van der Waals surface area contributed by atoms with E-state index in [2.05, 4.69) is 10.4 Å². The minimum Gasteiger partial charge on any atom is -0.486 e. The highest BCUT2D eigenvalue weighted by Gasteiger charge is 2.13. The van der Waals surface area contributed by atoms with E-state index in [4.69, 9.17) is 15.3 Å². The Bertz CT molecular complexity index is 404. The summed E-state index contributed by atoms with van der Waals surface area (Å²) in [5.74, 6) is 7.57. The van der Waals surface area contributed by atoms with Gasteiger partial charge in [-0.15, -0.1) is 0 Å². The van der Waals surface area contributed by atoms with Crippen LogP contribution < -0.4 is 20.7 Å². The van der Waals surface area contributed by atoms with Crippen LogP contribution in [0.4, 0.5) is 0 Å². The number of amidine groups is 1. The standard InChI is InChI=1S/C11H15N3O2/c1-2-13-11(14-12)8-3-4-9-10(7-8)16-6-5-15-9/h3-4,7H,2,5-6,12H2,1H3,(H,13,14). The van der Waals surface area contributed by atoms with Gasteiger partial charge >= 0.3 is 0 Å². The highest BCUT2D eigenvalue weighted by Crippen LogP contribution is 2.30. The van der Waals surface area contributed by atoms with Gasteiger partial charge in [-0.05, 0) is 25.1 Å². The van der Waals surface area contributed by atoms with E-state index in [9.17, 15) is 0 Å². The molecule has 16 heavy (non-hydrogen) atoms. The highest BCUT2D eigenvalue weighted by atomic mass is 16.6. The van der Waals surface area contributed by atoms with Crippen molar-refractivity contribution < 1.29 is 9.47 Å². The monoisotopic (exact) mass is 221 g/mol. The number of hydrogen-bond acceptors (Lipinski definition) is 4. The summed E-state index contributed by atoms with van der Waals surface area (Å²) in [4.78, 5) is 4.25. The number of ether oxygens (including phenoxy) is 2. The van der Waals surface area contributed by atoms with Crippen molar-refractivity contribution in [1.82, 2.24) is 5.43 Å². The number of aliphatic imine (C=N–C) groups is 1. The van der Waals surface area contributed by atoms with Gasteiger partial charge in [-0.3, -0.25) is 4.99 Å². The van der Waals surface area contributed by atoms with Gasteiger partial charge in [0.25, 0.3) is 0 Å². The Hall–Kier alpha value is -1.75. The Kier molecular flexibility index (Phi) is 3.26. The fourth-order valence-electron chi connectivity index (χ4n) is 1.57. The number of fused-ring (bicyclic) bond motifs is 1. The molecule has 0 spiro atoms. The van der Waals surface area contributed by atoms with Gasteiger partial charge in [-0.2, -0.15) is 0 Å². The number of nitrogens with two attached hydrogens (primary N) is 1. The summed E-state index contributed by atoms with van der Waals surface area (Å²) < 4.78 is 10.9. The van der Waals surface area contributed by atoms with Gasteiger partial charge in [0, 0.05) is 12.1 Å². The molecule has 1 aliphatic rings. The van der Waals surface area contributed by atoms with E-state index in [1.807, 2.05) is 25.1 Å². The van der Waals surface area contributed by atoms with Crippen molar-refractivity contribution in [2.24, 2.45) is 10.8 Å². The smallest absolute Gasteiger partial charge is 0.162 e. The first-order valence-corrected chi connectivity index (χ1v) is 5.26. The SMILES string of the molecule is CCN=C(NN)c1ccc2c(c1)OCCO2. The van der Waals surface area contributed by atoms with E-state index >= 15 is 0 Å². The van der Waals surface area contributed by atoms with Gasteiger partial charge in [0.15, 0.2) is 11.5 Å². The predicted octanol–water partition coefficient (Wildman–Crippen LogP) is 0.688. The average Bonchev–Trinajstić information content (AvgIpc) is 2.35. The molecule has 1 heterocycles. The van der Waals surface area contributed by atoms with E-state index in [0.717, 1.165) is 17.1 Å². The molecule has 0 amide bonds. The van der Waals surface area contributed by atoms with Gasteiger partial charge < -0.3 is 14.9 Å². The summed E-state index contributed by atoms with van der Waals surface area (Å²) >= 11 is 0. The first-order chi connectivity index (χ1) is 7.85. The molecule has 0 aromatic heterocycles. The quantitative estimate of drug-likeness (QED) is 0.333. The largest absolute Gasteiger partial charge is 0.486 e. The Morgan fingerprint density at radius 2 is 2.12 bits per heavy atom. The summed E-state index contributed by atoms with van der Waals surface area (Å²) in [6, 6.07) is 5.65. The Balaban J connectivity index is 2.32. The lowest BCUT2D eigenvalue weighted by Gasteiger charge is -2.19. The maximum Gasteiger partial charge on any atom is 0.162 e. The third kappa shape index (κ3) is 2.09. The number of nitrogens with one attached hydrogen (secondary N) is 1. The van der Waals surface area contributed by atoms with E-state index in [1.54, 1.807) is 0 Å². The number of benzene rings is 1. The Morgan fingerprint density at radius 1 is 1.38 bits per heavy atom. The molecule has 0 unspecified atom stereocenters. The van der Waals surface area contributed by atoms with Gasteiger partial charge in [0.2, 0.25) is 0 Å². The predicted molar refractivity (Wildman–Crippen MR) is 61.8 cm³/mol. The molecule has 0 aliphatic carbocycles. The summed E-state index contributed by atoms with van der Waals surface area (Å²) in [7, 11) is 0. The minimum atomic E-state index is 0.576. The fourth-order valence-corrected chi connectivity index (χ4v) is 1.57. The van der Waals surface area contributed by atoms with Gasteiger partial charge in [0.1, 0.15) is 19.0 Å². The minimum absolute atomic E-state index is 0.576. The fraction of sp³-hybridized carbons (Fsp3) is 0.364. The maximum absolute atomic E-state index is 5.49. The molecule has 2 rings (SSSR count). The maximum atomic E-state index is 5.49. The summed E-state index contributed by atoms with van der Waals surface area (Å²) in [6.45, 7) is 3.80. The van der Waals surface area contributed by atoms with E-state index in [1.165, 1.54) is 0 Å². The molecule has 0 radical (unpaired) electrons. The van der Waals surface area contributed by atoms with Crippen LogP contribution in [0.1, 0.15) is 12.5 Å². The van der Waals surface area contributed by atoms with Crippen LogP contribution in [0.2, 0.25) is 0 Å². The van der Waals surface area contributed by atoms with Crippen molar-refractivity contribution in [3.8, 4) is 11.5 Å². The lowest BCUT2D eigenvalue weighted by Crippen LogP contribution is -2.31. The van der Waals surface area contributed by atoms with Crippen LogP contribution in [-0.2, 0) is 0 Å². The number of hydrazine groups is 1. The van der Waals surface area contributed by atoms with Gasteiger partial charge in [0.05, 0.1) is 0 Å².